The molecule has 4 fully saturated rings. The van der Waals surface area contributed by atoms with Crippen LogP contribution in [0.5, 0.6) is 0 Å². The van der Waals surface area contributed by atoms with Gasteiger partial charge in [-0.05, 0) is 63.2 Å². The van der Waals surface area contributed by atoms with E-state index in [1.54, 1.807) is 0 Å². The fourth-order valence-corrected chi connectivity index (χ4v) is 6.06. The minimum absolute atomic E-state index is 0.374. The van der Waals surface area contributed by atoms with Gasteiger partial charge >= 0.3 is 0 Å². The summed E-state index contributed by atoms with van der Waals surface area (Å²) in [5.74, 6) is 2.91. The average Bonchev–Trinajstić information content (AvgIpc) is 3.03. The van der Waals surface area contributed by atoms with E-state index in [4.69, 9.17) is 10.2 Å². The molecular weight excluding hydrogens is 308 g/mol. The lowest BCUT2D eigenvalue weighted by atomic mass is 9.53. The van der Waals surface area contributed by atoms with Gasteiger partial charge in [0.2, 0.25) is 0 Å². The summed E-state index contributed by atoms with van der Waals surface area (Å²) in [4.78, 5) is 1.83. The first-order chi connectivity index (χ1) is 12.2. The van der Waals surface area contributed by atoms with Gasteiger partial charge in [0, 0.05) is 17.6 Å². The molecule has 4 bridgehead atoms. The maximum absolute atomic E-state index is 4.77. The van der Waals surface area contributed by atoms with Crippen LogP contribution in [0.2, 0.25) is 0 Å². The minimum Gasteiger partial charge on any atom is -0.305 e. The van der Waals surface area contributed by atoms with Gasteiger partial charge in [-0.25, -0.2) is 0 Å². The summed E-state index contributed by atoms with van der Waals surface area (Å²) in [6.45, 7) is 3.76. The van der Waals surface area contributed by atoms with Crippen LogP contribution in [0.4, 0.5) is 0 Å². The van der Waals surface area contributed by atoms with Crippen molar-refractivity contribution < 1.29 is 0 Å². The third-order valence-corrected chi connectivity index (χ3v) is 6.72. The molecule has 1 aromatic heterocycles. The van der Waals surface area contributed by atoms with Crippen molar-refractivity contribution in [1.29, 1.82) is 0 Å². The Bertz CT molecular complexity index is 713. The van der Waals surface area contributed by atoms with Crippen molar-refractivity contribution in [1.82, 2.24) is 20.3 Å². The molecule has 1 N–H and O–H groups in total. The summed E-state index contributed by atoms with van der Waals surface area (Å²) in [5, 5.41) is 13.5. The van der Waals surface area contributed by atoms with Crippen LogP contribution < -0.4 is 5.32 Å². The van der Waals surface area contributed by atoms with Gasteiger partial charge < -0.3 is 5.32 Å². The summed E-state index contributed by atoms with van der Waals surface area (Å²) in [5.41, 5.74) is 3.69. The van der Waals surface area contributed by atoms with E-state index in [9.17, 15) is 0 Å². The molecule has 6 rings (SSSR count). The zero-order chi connectivity index (χ0) is 16.9. The van der Waals surface area contributed by atoms with Crippen LogP contribution in [-0.4, -0.2) is 20.5 Å². The lowest BCUT2D eigenvalue weighted by Crippen LogP contribution is -2.58. The zero-order valence-electron chi connectivity index (χ0n) is 15.1. The predicted molar refractivity (Wildman–Crippen MR) is 98.9 cm³/mol. The van der Waals surface area contributed by atoms with E-state index >= 15 is 0 Å². The highest BCUT2D eigenvalue weighted by molar-refractivity contribution is 5.60. The fourth-order valence-electron chi connectivity index (χ4n) is 6.06. The van der Waals surface area contributed by atoms with Crippen molar-refractivity contribution in [3.63, 3.8) is 0 Å². The number of hydrogen-bond donors (Lipinski definition) is 1. The molecule has 0 amide bonds. The average molecular weight is 336 g/mol. The Kier molecular flexibility index (Phi) is 3.70. The lowest BCUT2D eigenvalue weighted by Gasteiger charge is -2.57. The Labute approximate surface area is 150 Å². The standard InChI is InChI=1S/C21H28N4/c1-2-25-23-19(20(24-25)18-6-4-3-5-7-18)14-22-21-11-15-8-16(12-21)10-17(9-15)13-21/h3-7,15-17,22H,2,8-14H2,1H3. The van der Waals surface area contributed by atoms with Crippen LogP contribution in [-0.2, 0) is 13.1 Å². The van der Waals surface area contributed by atoms with Crippen molar-refractivity contribution in [3.05, 3.63) is 36.0 Å². The summed E-state index contributed by atoms with van der Waals surface area (Å²) in [7, 11) is 0. The Balaban J connectivity index is 1.39. The molecule has 1 heterocycles. The van der Waals surface area contributed by atoms with Gasteiger partial charge in [-0.1, -0.05) is 30.3 Å². The van der Waals surface area contributed by atoms with Crippen LogP contribution >= 0.6 is 0 Å². The smallest absolute Gasteiger partial charge is 0.117 e. The maximum Gasteiger partial charge on any atom is 0.117 e. The number of aryl methyl sites for hydroxylation is 1. The van der Waals surface area contributed by atoms with Crippen LogP contribution in [0, 0.1) is 17.8 Å². The number of nitrogens with one attached hydrogen (secondary N) is 1. The van der Waals surface area contributed by atoms with Crippen LogP contribution in [0.3, 0.4) is 0 Å². The summed E-state index contributed by atoms with van der Waals surface area (Å²) in [6, 6.07) is 10.5. The number of benzene rings is 1. The summed E-state index contributed by atoms with van der Waals surface area (Å²) in [6.07, 6.45) is 8.59. The van der Waals surface area contributed by atoms with E-state index in [0.717, 1.165) is 42.2 Å². The van der Waals surface area contributed by atoms with Gasteiger partial charge in [-0.15, -0.1) is 0 Å². The number of nitrogens with zero attached hydrogens (tertiary/aromatic N) is 3. The van der Waals surface area contributed by atoms with Crippen molar-refractivity contribution in [2.24, 2.45) is 17.8 Å². The Morgan fingerprint density at radius 2 is 1.64 bits per heavy atom. The number of hydrogen-bond acceptors (Lipinski definition) is 3. The highest BCUT2D eigenvalue weighted by Crippen LogP contribution is 2.55. The normalized spacial score (nSPS) is 33.1. The van der Waals surface area contributed by atoms with Gasteiger partial charge in [-0.3, -0.25) is 0 Å². The molecule has 4 saturated carbocycles. The van der Waals surface area contributed by atoms with E-state index < -0.39 is 0 Å². The molecule has 0 aliphatic heterocycles. The van der Waals surface area contributed by atoms with E-state index in [0.29, 0.717) is 5.54 Å². The second-order valence-electron chi connectivity index (χ2n) is 8.60. The lowest BCUT2D eigenvalue weighted by molar-refractivity contribution is -0.0207. The van der Waals surface area contributed by atoms with Gasteiger partial charge in [0.1, 0.15) is 11.4 Å². The molecule has 4 heteroatoms. The molecule has 1 aromatic carbocycles. The second kappa shape index (κ2) is 5.94. The minimum atomic E-state index is 0.374. The van der Waals surface area contributed by atoms with Gasteiger partial charge in [0.05, 0.1) is 6.54 Å². The third-order valence-electron chi connectivity index (χ3n) is 6.72. The van der Waals surface area contributed by atoms with Crippen molar-refractivity contribution in [2.75, 3.05) is 0 Å². The summed E-state index contributed by atoms with van der Waals surface area (Å²) >= 11 is 0. The molecule has 0 radical (unpaired) electrons. The molecule has 0 atom stereocenters. The van der Waals surface area contributed by atoms with Crippen molar-refractivity contribution in [2.45, 2.75) is 64.1 Å². The molecule has 0 saturated heterocycles. The van der Waals surface area contributed by atoms with Gasteiger partial charge in [0.25, 0.3) is 0 Å². The first-order valence-corrected chi connectivity index (χ1v) is 9.97. The topological polar surface area (TPSA) is 42.7 Å². The molecule has 2 aromatic rings. The summed E-state index contributed by atoms with van der Waals surface area (Å²) < 4.78 is 0. The quantitative estimate of drug-likeness (QED) is 0.896. The maximum atomic E-state index is 4.77. The molecule has 4 aliphatic carbocycles. The van der Waals surface area contributed by atoms with E-state index in [1.165, 1.54) is 44.1 Å². The monoisotopic (exact) mass is 336 g/mol. The number of rotatable bonds is 5. The molecule has 4 aliphatic rings. The zero-order valence-corrected chi connectivity index (χ0v) is 15.1. The predicted octanol–water partition coefficient (Wildman–Crippen LogP) is 4.02. The molecule has 4 nitrogen and oxygen atoms in total. The van der Waals surface area contributed by atoms with Crippen LogP contribution in [0.15, 0.2) is 30.3 Å². The molecule has 132 valence electrons. The van der Waals surface area contributed by atoms with Crippen molar-refractivity contribution >= 4 is 0 Å². The van der Waals surface area contributed by atoms with Gasteiger partial charge in [-0.2, -0.15) is 15.0 Å². The van der Waals surface area contributed by atoms with Crippen LogP contribution in [0.1, 0.15) is 51.1 Å². The first kappa shape index (κ1) is 15.6. The highest BCUT2D eigenvalue weighted by atomic mass is 15.5. The first-order valence-electron chi connectivity index (χ1n) is 9.97. The van der Waals surface area contributed by atoms with E-state index in [-0.39, 0.29) is 0 Å². The molecule has 25 heavy (non-hydrogen) atoms. The Morgan fingerprint density at radius 1 is 1.00 bits per heavy atom. The van der Waals surface area contributed by atoms with Crippen molar-refractivity contribution in [3.8, 4) is 11.3 Å². The third kappa shape index (κ3) is 2.80. The van der Waals surface area contributed by atoms with Gasteiger partial charge in [0.15, 0.2) is 0 Å². The van der Waals surface area contributed by atoms with E-state index in [2.05, 4.69) is 42.6 Å². The van der Waals surface area contributed by atoms with Crippen LogP contribution in [0.25, 0.3) is 11.3 Å². The van der Waals surface area contributed by atoms with E-state index in [1.807, 2.05) is 4.80 Å². The SMILES string of the molecule is CCn1nc(CNC23CC4CC(CC(C4)C2)C3)c(-c2ccccc2)n1. The Morgan fingerprint density at radius 3 is 2.24 bits per heavy atom. The molecule has 0 spiro atoms. The second-order valence-corrected chi connectivity index (χ2v) is 8.60. The molecular formula is C21H28N4. The fraction of sp³-hybridized carbons (Fsp3) is 0.619. The number of aromatic nitrogens is 3. The molecule has 0 unspecified atom stereocenters. The Hall–Kier alpha value is -1.68. The highest BCUT2D eigenvalue weighted by Gasteiger charge is 2.50. The largest absolute Gasteiger partial charge is 0.305 e.